The van der Waals surface area contributed by atoms with Gasteiger partial charge in [-0.3, -0.25) is 0 Å². The molecule has 3 N–H and O–H groups in total. The highest BCUT2D eigenvalue weighted by atomic mass is 32.2. The highest BCUT2D eigenvalue weighted by molar-refractivity contribution is 7.88. The Balaban J connectivity index is 2.04. The van der Waals surface area contributed by atoms with E-state index in [9.17, 15) is 40.6 Å². The van der Waals surface area contributed by atoms with E-state index in [1.807, 2.05) is 0 Å². The molecule has 0 aliphatic rings. The summed E-state index contributed by atoms with van der Waals surface area (Å²) in [4.78, 5) is -2.69. The van der Waals surface area contributed by atoms with Crippen LogP contribution in [0.3, 0.4) is 0 Å². The van der Waals surface area contributed by atoms with Gasteiger partial charge in [-0.1, -0.05) is 36.4 Å². The van der Waals surface area contributed by atoms with Gasteiger partial charge in [-0.2, -0.15) is 25.3 Å². The molecule has 0 saturated heterocycles. The van der Waals surface area contributed by atoms with Crippen LogP contribution in [-0.2, 0) is 43.2 Å². The summed E-state index contributed by atoms with van der Waals surface area (Å²) < 4.78 is 88.6. The van der Waals surface area contributed by atoms with Crippen molar-refractivity contribution in [3.05, 3.63) is 72.8 Å². The zero-order chi connectivity index (χ0) is 25.1. The van der Waals surface area contributed by atoms with Crippen LogP contribution < -0.4 is 0 Å². The number of aromatic hydroxyl groups is 3. The summed E-state index contributed by atoms with van der Waals surface area (Å²) in [5, 5.41) is 28.5. The van der Waals surface area contributed by atoms with Crippen molar-refractivity contribution in [1.82, 2.24) is 5.39 Å². The van der Waals surface area contributed by atoms with Crippen LogP contribution in [0.5, 0.6) is 17.2 Å². The molecular formula is C18H15NO12S3. The first kappa shape index (κ1) is 25.4. The lowest BCUT2D eigenvalue weighted by molar-refractivity contribution is -0.403. The number of rotatable bonds is 9. The first-order valence-electron chi connectivity index (χ1n) is 8.81. The van der Waals surface area contributed by atoms with Crippen molar-refractivity contribution in [2.45, 2.75) is 14.7 Å². The maximum Gasteiger partial charge on any atom is 0.320 e. The maximum atomic E-state index is 12.6. The summed E-state index contributed by atoms with van der Waals surface area (Å²) in [5.74, 6) is -2.47. The van der Waals surface area contributed by atoms with E-state index in [1.165, 1.54) is 36.4 Å². The largest absolute Gasteiger partial charge is 0.506 e. The molecule has 34 heavy (non-hydrogen) atoms. The lowest BCUT2D eigenvalue weighted by Crippen LogP contribution is -2.33. The Hall–Kier alpha value is -3.25. The van der Waals surface area contributed by atoms with Crippen LogP contribution in [0.15, 0.2) is 87.5 Å². The molecule has 0 radical (unpaired) electrons. The third kappa shape index (κ3) is 5.62. The van der Waals surface area contributed by atoms with Crippen molar-refractivity contribution < 1.29 is 53.4 Å². The predicted octanol–water partition coefficient (Wildman–Crippen LogP) is 1.37. The highest BCUT2D eigenvalue weighted by Gasteiger charge is 2.35. The van der Waals surface area contributed by atoms with Crippen LogP contribution in [0.2, 0.25) is 0 Å². The van der Waals surface area contributed by atoms with Crippen molar-refractivity contribution in [1.29, 1.82) is 0 Å². The molecule has 0 atom stereocenters. The van der Waals surface area contributed by atoms with Crippen molar-refractivity contribution in [2.75, 3.05) is 0 Å². The van der Waals surface area contributed by atoms with Crippen LogP contribution in [0.4, 0.5) is 0 Å². The summed E-state index contributed by atoms with van der Waals surface area (Å²) in [6.07, 6.45) is 0. The zero-order valence-corrected chi connectivity index (χ0v) is 19.1. The molecule has 0 fully saturated rings. The Labute approximate surface area is 193 Å². The standard InChI is InChI=1S/C18H15NO12S3/c20-13-7-1-4-10-16(13)32(23,24)29-19(30-33(25,26)17-11-5-2-8-14(17)21)31-34(27,28)18-12-6-3-9-15(18)22/h1-12,20-22H. The zero-order valence-electron chi connectivity index (χ0n) is 16.6. The topological polar surface area (TPSA) is 194 Å². The van der Waals surface area contributed by atoms with Gasteiger partial charge in [0.05, 0.1) is 0 Å². The molecule has 182 valence electrons. The van der Waals surface area contributed by atoms with Gasteiger partial charge in [0, 0.05) is 0 Å². The highest BCUT2D eigenvalue weighted by Crippen LogP contribution is 2.30. The number of benzene rings is 3. The van der Waals surface area contributed by atoms with Crippen molar-refractivity contribution in [3.8, 4) is 17.2 Å². The summed E-state index contributed by atoms with van der Waals surface area (Å²) in [7, 11) is -15.4. The summed E-state index contributed by atoms with van der Waals surface area (Å²) in [5.41, 5.74) is 0. The van der Waals surface area contributed by atoms with Gasteiger partial charge in [-0.05, 0) is 36.4 Å². The Morgan fingerprint density at radius 3 is 0.941 bits per heavy atom. The van der Waals surface area contributed by atoms with E-state index in [0.29, 0.717) is 0 Å². The first-order valence-corrected chi connectivity index (χ1v) is 13.0. The van der Waals surface area contributed by atoms with Gasteiger partial charge in [0.25, 0.3) is 0 Å². The van der Waals surface area contributed by atoms with E-state index in [4.69, 9.17) is 0 Å². The van der Waals surface area contributed by atoms with Gasteiger partial charge >= 0.3 is 30.4 Å². The molecule has 13 nitrogen and oxygen atoms in total. The molecule has 0 saturated carbocycles. The number of hydrogen-bond donors (Lipinski definition) is 3. The fraction of sp³-hybridized carbons (Fsp3) is 0. The molecule has 0 aliphatic carbocycles. The number of phenols is 3. The van der Waals surface area contributed by atoms with E-state index >= 15 is 0 Å². The van der Waals surface area contributed by atoms with E-state index < -0.39 is 67.7 Å². The molecule has 0 spiro atoms. The summed E-state index contributed by atoms with van der Waals surface area (Å²) in [6, 6.07) is 12.8. The molecule has 0 unspecified atom stereocenters. The molecule has 3 aromatic carbocycles. The van der Waals surface area contributed by atoms with Gasteiger partial charge in [0.2, 0.25) is 0 Å². The number of nitrogens with zero attached hydrogens (tertiary/aromatic N) is 1. The maximum absolute atomic E-state index is 12.6. The van der Waals surface area contributed by atoms with Gasteiger partial charge in [0.1, 0.15) is 37.3 Å². The van der Waals surface area contributed by atoms with E-state index in [0.717, 1.165) is 36.4 Å². The predicted molar refractivity (Wildman–Crippen MR) is 111 cm³/mol. The fourth-order valence-corrected chi connectivity index (χ4v) is 5.13. The molecule has 3 aromatic rings. The molecule has 3 rings (SSSR count). The molecule has 0 heterocycles. The summed E-state index contributed by atoms with van der Waals surface area (Å²) in [6.45, 7) is 0. The van der Waals surface area contributed by atoms with Crippen LogP contribution in [-0.4, -0.2) is 46.0 Å². The van der Waals surface area contributed by atoms with Gasteiger partial charge < -0.3 is 15.3 Å². The minimum atomic E-state index is -5.15. The molecular weight excluding hydrogens is 518 g/mol. The average molecular weight is 534 g/mol. The third-order valence-corrected chi connectivity index (χ3v) is 7.49. The molecule has 0 amide bonds. The second-order valence-corrected chi connectivity index (χ2v) is 10.7. The SMILES string of the molecule is O=S(=O)(ON(OS(=O)(=O)c1ccccc1O)OS(=O)(=O)c1ccccc1O)c1ccccc1O. The number of para-hydroxylation sites is 3. The van der Waals surface area contributed by atoms with Crippen LogP contribution in [0.1, 0.15) is 0 Å². The number of phenolic OH excluding ortho intramolecular Hbond substituents is 3. The minimum Gasteiger partial charge on any atom is -0.506 e. The fourth-order valence-electron chi connectivity index (χ4n) is 2.40. The van der Waals surface area contributed by atoms with Crippen molar-refractivity contribution in [3.63, 3.8) is 0 Å². The lowest BCUT2D eigenvalue weighted by Gasteiger charge is -2.18. The Morgan fingerprint density at radius 1 is 0.471 bits per heavy atom. The van der Waals surface area contributed by atoms with E-state index in [-0.39, 0.29) is 0 Å². The lowest BCUT2D eigenvalue weighted by atomic mass is 10.3. The third-order valence-electron chi connectivity index (χ3n) is 3.88. The first-order chi connectivity index (χ1) is 15.8. The van der Waals surface area contributed by atoms with Crippen LogP contribution >= 0.6 is 0 Å². The molecule has 0 aliphatic heterocycles. The Morgan fingerprint density at radius 2 is 0.706 bits per heavy atom. The molecule has 16 heteroatoms. The Bertz CT molecular complexity index is 1330. The normalized spacial score (nSPS) is 12.6. The van der Waals surface area contributed by atoms with E-state index in [2.05, 4.69) is 12.9 Å². The smallest absolute Gasteiger partial charge is 0.320 e. The second kappa shape index (κ2) is 9.55. The summed E-state index contributed by atoms with van der Waals surface area (Å²) >= 11 is 0. The van der Waals surface area contributed by atoms with Gasteiger partial charge in [-0.15, -0.1) is 12.9 Å². The average Bonchev–Trinajstić information content (AvgIpc) is 2.73. The quantitative estimate of drug-likeness (QED) is 0.334. The molecule has 0 bridgehead atoms. The minimum absolute atomic E-state index is 0.824. The van der Waals surface area contributed by atoms with Crippen LogP contribution in [0.25, 0.3) is 0 Å². The van der Waals surface area contributed by atoms with Gasteiger partial charge in [-0.25, -0.2) is 0 Å². The monoisotopic (exact) mass is 533 g/mol. The van der Waals surface area contributed by atoms with E-state index in [1.54, 1.807) is 0 Å². The number of hydrogen-bond acceptors (Lipinski definition) is 13. The van der Waals surface area contributed by atoms with Crippen molar-refractivity contribution in [2.24, 2.45) is 0 Å². The van der Waals surface area contributed by atoms with Crippen molar-refractivity contribution >= 4 is 30.4 Å². The second-order valence-electron chi connectivity index (χ2n) is 6.21. The van der Waals surface area contributed by atoms with Crippen LogP contribution in [0, 0.1) is 0 Å². The Kier molecular flexibility index (Phi) is 7.13. The van der Waals surface area contributed by atoms with Gasteiger partial charge in [0.15, 0.2) is 0 Å². The molecule has 0 aromatic heterocycles.